The quantitative estimate of drug-likeness (QED) is 0.793. The van der Waals surface area contributed by atoms with E-state index in [2.05, 4.69) is 17.1 Å². The topological polar surface area (TPSA) is 111 Å². The lowest BCUT2D eigenvalue weighted by atomic mass is 9.76. The summed E-state index contributed by atoms with van der Waals surface area (Å²) in [5.74, 6) is -0.874. The first kappa shape index (κ1) is 15.8. The molecule has 0 bridgehead atoms. The molecule has 0 atom stereocenters. The lowest BCUT2D eigenvalue weighted by Crippen LogP contribution is -2.23. The van der Waals surface area contributed by atoms with Crippen molar-refractivity contribution in [3.63, 3.8) is 0 Å². The molecule has 0 amide bonds. The molecule has 0 aliphatic heterocycles. The van der Waals surface area contributed by atoms with Gasteiger partial charge in [0.1, 0.15) is 0 Å². The third-order valence-electron chi connectivity index (χ3n) is 4.26. The molecule has 3 aromatic rings. The van der Waals surface area contributed by atoms with Gasteiger partial charge in [-0.2, -0.15) is 21.0 Å². The van der Waals surface area contributed by atoms with E-state index in [0.29, 0.717) is 16.7 Å². The van der Waals surface area contributed by atoms with Crippen molar-refractivity contribution >= 4 is 10.9 Å². The summed E-state index contributed by atoms with van der Waals surface area (Å²) in [7, 11) is 0. The molecule has 3 rings (SSSR count). The van der Waals surface area contributed by atoms with Gasteiger partial charge in [-0.3, -0.25) is 0 Å². The highest BCUT2D eigenvalue weighted by Crippen LogP contribution is 2.36. The number of aromatic amines is 1. The van der Waals surface area contributed by atoms with Crippen LogP contribution in [0.4, 0.5) is 0 Å². The van der Waals surface area contributed by atoms with E-state index in [9.17, 15) is 10.5 Å². The van der Waals surface area contributed by atoms with Crippen molar-refractivity contribution in [2.75, 3.05) is 0 Å². The van der Waals surface area contributed by atoms with Crippen molar-refractivity contribution in [2.24, 2.45) is 0 Å². The fourth-order valence-corrected chi connectivity index (χ4v) is 2.92. The SMILES string of the molecule is N#CC(C#N)c1ccc(C(C#N)(C#N)c2c[nH]c3ccccc23)cc1. The number of para-hydroxylation sites is 1. The molecule has 0 spiro atoms. The van der Waals surface area contributed by atoms with Crippen LogP contribution in [0.25, 0.3) is 10.9 Å². The van der Waals surface area contributed by atoms with Crippen molar-refractivity contribution in [1.29, 1.82) is 21.0 Å². The zero-order valence-electron chi connectivity index (χ0n) is 13.1. The molecule has 0 fully saturated rings. The van der Waals surface area contributed by atoms with E-state index in [-0.39, 0.29) is 0 Å². The number of H-pyrrole nitrogens is 1. The van der Waals surface area contributed by atoms with Crippen LogP contribution in [-0.4, -0.2) is 4.98 Å². The molecule has 0 saturated heterocycles. The Balaban J connectivity index is 2.17. The van der Waals surface area contributed by atoms with Crippen LogP contribution in [-0.2, 0) is 5.41 Å². The summed E-state index contributed by atoms with van der Waals surface area (Å²) in [6.07, 6.45) is 1.68. The molecule has 25 heavy (non-hydrogen) atoms. The smallest absolute Gasteiger partial charge is 0.195 e. The molecule has 0 saturated carbocycles. The van der Waals surface area contributed by atoms with E-state index in [1.165, 1.54) is 0 Å². The second-order valence-corrected chi connectivity index (χ2v) is 5.53. The van der Waals surface area contributed by atoms with Gasteiger partial charge in [-0.25, -0.2) is 0 Å². The summed E-state index contributed by atoms with van der Waals surface area (Å²) in [5.41, 5.74) is 0.987. The van der Waals surface area contributed by atoms with Gasteiger partial charge in [0.15, 0.2) is 11.3 Å². The molecule has 5 heteroatoms. The summed E-state index contributed by atoms with van der Waals surface area (Å²) >= 11 is 0. The minimum atomic E-state index is -1.48. The van der Waals surface area contributed by atoms with Crippen molar-refractivity contribution in [1.82, 2.24) is 4.98 Å². The molecule has 0 aliphatic rings. The van der Waals surface area contributed by atoms with Crippen LogP contribution in [0.1, 0.15) is 22.6 Å². The van der Waals surface area contributed by atoms with Gasteiger partial charge in [0.25, 0.3) is 0 Å². The van der Waals surface area contributed by atoms with Crippen molar-refractivity contribution in [3.8, 4) is 24.3 Å². The number of fused-ring (bicyclic) bond motifs is 1. The minimum Gasteiger partial charge on any atom is -0.361 e. The Morgan fingerprint density at radius 3 is 2.08 bits per heavy atom. The van der Waals surface area contributed by atoms with E-state index in [4.69, 9.17) is 10.5 Å². The number of rotatable bonds is 3. The molecule has 2 aromatic carbocycles. The van der Waals surface area contributed by atoms with Crippen LogP contribution in [0, 0.1) is 45.3 Å². The second kappa shape index (κ2) is 6.21. The first-order valence-corrected chi connectivity index (χ1v) is 7.49. The van der Waals surface area contributed by atoms with Crippen LogP contribution in [0.2, 0.25) is 0 Å². The summed E-state index contributed by atoms with van der Waals surface area (Å²) in [6.45, 7) is 0. The number of nitrogens with zero attached hydrogens (tertiary/aromatic N) is 4. The number of hydrogen-bond acceptors (Lipinski definition) is 4. The second-order valence-electron chi connectivity index (χ2n) is 5.53. The molecule has 0 radical (unpaired) electrons. The number of nitriles is 4. The van der Waals surface area contributed by atoms with Gasteiger partial charge in [-0.1, -0.05) is 42.5 Å². The minimum absolute atomic E-state index is 0.501. The Morgan fingerprint density at radius 1 is 0.840 bits per heavy atom. The van der Waals surface area contributed by atoms with Gasteiger partial charge in [0.05, 0.1) is 24.3 Å². The number of hydrogen-bond donors (Lipinski definition) is 1. The monoisotopic (exact) mass is 321 g/mol. The first-order chi connectivity index (χ1) is 12.2. The molecule has 0 unspecified atom stereocenters. The van der Waals surface area contributed by atoms with Crippen molar-refractivity contribution in [2.45, 2.75) is 11.3 Å². The van der Waals surface area contributed by atoms with Crippen LogP contribution in [0.5, 0.6) is 0 Å². The predicted molar refractivity (Wildman–Crippen MR) is 90.7 cm³/mol. The molecule has 0 aliphatic carbocycles. The zero-order chi connectivity index (χ0) is 17.9. The average Bonchev–Trinajstić information content (AvgIpc) is 3.10. The van der Waals surface area contributed by atoms with E-state index >= 15 is 0 Å². The Morgan fingerprint density at radius 2 is 1.48 bits per heavy atom. The van der Waals surface area contributed by atoms with E-state index in [0.717, 1.165) is 10.9 Å². The zero-order valence-corrected chi connectivity index (χ0v) is 13.1. The maximum Gasteiger partial charge on any atom is 0.195 e. The Kier molecular flexibility index (Phi) is 3.93. The first-order valence-electron chi connectivity index (χ1n) is 7.49. The fraction of sp³-hybridized carbons (Fsp3) is 0.100. The van der Waals surface area contributed by atoms with Crippen molar-refractivity contribution < 1.29 is 0 Å². The van der Waals surface area contributed by atoms with Crippen LogP contribution in [0.15, 0.2) is 54.7 Å². The molecule has 1 aromatic heterocycles. The van der Waals surface area contributed by atoms with Gasteiger partial charge in [-0.15, -0.1) is 0 Å². The van der Waals surface area contributed by atoms with Crippen molar-refractivity contribution in [3.05, 3.63) is 71.4 Å². The number of nitrogens with one attached hydrogen (secondary N) is 1. The largest absolute Gasteiger partial charge is 0.361 e. The molecular weight excluding hydrogens is 310 g/mol. The lowest BCUT2D eigenvalue weighted by Gasteiger charge is -2.19. The highest BCUT2D eigenvalue weighted by Gasteiger charge is 2.37. The molecular formula is C20H11N5. The van der Waals surface area contributed by atoms with Gasteiger partial charge in [0, 0.05) is 22.7 Å². The van der Waals surface area contributed by atoms with Gasteiger partial charge in [-0.05, 0) is 17.2 Å². The van der Waals surface area contributed by atoms with Gasteiger partial charge < -0.3 is 4.98 Å². The third kappa shape index (κ3) is 2.38. The predicted octanol–water partition coefficient (Wildman–Crippen LogP) is 3.63. The van der Waals surface area contributed by atoms with Crippen LogP contribution in [0.3, 0.4) is 0 Å². The van der Waals surface area contributed by atoms with Crippen LogP contribution < -0.4 is 0 Å². The van der Waals surface area contributed by atoms with Gasteiger partial charge in [0.2, 0.25) is 0 Å². The molecule has 5 nitrogen and oxygen atoms in total. The average molecular weight is 321 g/mol. The highest BCUT2D eigenvalue weighted by molar-refractivity contribution is 5.86. The Hall–Kier alpha value is -4.06. The Labute approximate surface area is 144 Å². The Bertz CT molecular complexity index is 1070. The maximum atomic E-state index is 9.84. The van der Waals surface area contributed by atoms with E-state index in [1.807, 2.05) is 36.4 Å². The molecule has 1 heterocycles. The number of aromatic nitrogens is 1. The summed E-state index contributed by atoms with van der Waals surface area (Å²) in [6, 6.07) is 22.1. The van der Waals surface area contributed by atoms with Crippen LogP contribution >= 0.6 is 0 Å². The van der Waals surface area contributed by atoms with E-state index in [1.54, 1.807) is 30.5 Å². The molecule has 1 N–H and O–H groups in total. The number of benzene rings is 2. The lowest BCUT2D eigenvalue weighted by molar-refractivity contribution is 0.855. The summed E-state index contributed by atoms with van der Waals surface area (Å²) in [5, 5.41) is 38.5. The van der Waals surface area contributed by atoms with Gasteiger partial charge >= 0.3 is 0 Å². The summed E-state index contributed by atoms with van der Waals surface area (Å²) in [4.78, 5) is 3.09. The maximum absolute atomic E-state index is 9.84. The fourth-order valence-electron chi connectivity index (χ4n) is 2.92. The molecule has 116 valence electrons. The van der Waals surface area contributed by atoms with E-state index < -0.39 is 11.3 Å². The highest BCUT2D eigenvalue weighted by atomic mass is 14.7. The third-order valence-corrected chi connectivity index (χ3v) is 4.26. The standard InChI is InChI=1S/C20H11N5/c21-9-15(10-22)14-5-7-16(8-6-14)20(12-23,13-24)18-11-25-19-4-2-1-3-17(18)19/h1-8,11,15,25H. The summed E-state index contributed by atoms with van der Waals surface area (Å²) < 4.78 is 0. The normalized spacial score (nSPS) is 10.6.